The summed E-state index contributed by atoms with van der Waals surface area (Å²) >= 11 is 20.8. The number of allylic oxidation sites excluding steroid dienone is 1. The molecule has 0 aliphatic carbocycles. The highest BCUT2D eigenvalue weighted by atomic mass is 79.9. The van der Waals surface area contributed by atoms with Crippen molar-refractivity contribution >= 4 is 89.2 Å². The van der Waals surface area contributed by atoms with Gasteiger partial charge in [0.25, 0.3) is 5.56 Å². The van der Waals surface area contributed by atoms with Gasteiger partial charge in [-0.25, -0.2) is 9.79 Å². The number of rotatable bonds is 7. The number of fused-ring (bicyclic) bond motifs is 2. The molecule has 0 unspecified atom stereocenters. The van der Waals surface area contributed by atoms with Gasteiger partial charge in [-0.3, -0.25) is 9.36 Å². The number of halogens is 4. The van der Waals surface area contributed by atoms with E-state index in [-0.39, 0.29) is 18.8 Å². The Morgan fingerprint density at radius 3 is 2.51 bits per heavy atom. The van der Waals surface area contributed by atoms with E-state index in [1.807, 2.05) is 66.7 Å². The number of ether oxygens (including phenoxy) is 2. The number of benzene rings is 4. The Bertz CT molecular complexity index is 2180. The number of carbonyl (C=O) groups excluding carboxylic acids is 1. The lowest BCUT2D eigenvalue weighted by Crippen LogP contribution is -2.40. The summed E-state index contributed by atoms with van der Waals surface area (Å²) < 4.78 is 15.0. The average Bonchev–Trinajstić information content (AvgIpc) is 3.30. The third-order valence-electron chi connectivity index (χ3n) is 7.34. The highest BCUT2D eigenvalue weighted by Crippen LogP contribution is 2.37. The maximum Gasteiger partial charge on any atom is 0.338 e. The quantitative estimate of drug-likeness (QED) is 0.156. The summed E-state index contributed by atoms with van der Waals surface area (Å²) in [4.78, 5) is 32.7. The number of esters is 1. The van der Waals surface area contributed by atoms with E-state index in [4.69, 9.17) is 37.7 Å². The minimum Gasteiger partial charge on any atom is -0.486 e. The lowest BCUT2D eigenvalue weighted by molar-refractivity contribution is -0.139. The Hall–Kier alpha value is -3.21. The maximum absolute atomic E-state index is 14.2. The van der Waals surface area contributed by atoms with Crippen molar-refractivity contribution in [1.82, 2.24) is 4.57 Å². The molecule has 6 nitrogen and oxygen atoms in total. The lowest BCUT2D eigenvalue weighted by atomic mass is 9.91. The summed E-state index contributed by atoms with van der Waals surface area (Å²) in [6.45, 7) is 3.99. The van der Waals surface area contributed by atoms with E-state index >= 15 is 0 Å². The SMILES string of the molecule is CCOC(=O)C1=C(C)N=c2s/c(=C/c3cc(Br)c(OCc4ccc(Cl)cc4Cl)c(Br)c3)c(=O)n2[C@H]1c1cccc2ccccc12. The molecule has 0 amide bonds. The van der Waals surface area contributed by atoms with Gasteiger partial charge in [0.15, 0.2) is 4.80 Å². The van der Waals surface area contributed by atoms with Crippen LogP contribution in [-0.2, 0) is 16.1 Å². The third kappa shape index (κ3) is 6.29. The van der Waals surface area contributed by atoms with Gasteiger partial charge in [-0.2, -0.15) is 0 Å². The molecule has 0 saturated carbocycles. The smallest absolute Gasteiger partial charge is 0.338 e. The first-order chi connectivity index (χ1) is 21.7. The first-order valence-electron chi connectivity index (χ1n) is 13.9. The predicted molar refractivity (Wildman–Crippen MR) is 187 cm³/mol. The largest absolute Gasteiger partial charge is 0.486 e. The van der Waals surface area contributed by atoms with Crippen molar-refractivity contribution in [2.24, 2.45) is 4.99 Å². The minimum atomic E-state index is -0.706. The predicted octanol–water partition coefficient (Wildman–Crippen LogP) is 8.36. The first kappa shape index (κ1) is 31.8. The van der Waals surface area contributed by atoms with Crippen LogP contribution in [0.3, 0.4) is 0 Å². The molecule has 45 heavy (non-hydrogen) atoms. The van der Waals surface area contributed by atoms with Crippen LogP contribution in [0.5, 0.6) is 5.75 Å². The minimum absolute atomic E-state index is 0.207. The second-order valence-corrected chi connectivity index (χ2v) is 13.8. The van der Waals surface area contributed by atoms with E-state index in [0.717, 1.165) is 27.5 Å². The normalized spacial score (nSPS) is 14.8. The second-order valence-electron chi connectivity index (χ2n) is 10.2. The van der Waals surface area contributed by atoms with Crippen molar-refractivity contribution in [2.45, 2.75) is 26.5 Å². The van der Waals surface area contributed by atoms with Crippen LogP contribution in [-0.4, -0.2) is 17.1 Å². The van der Waals surface area contributed by atoms with Gasteiger partial charge < -0.3 is 9.47 Å². The molecule has 11 heteroatoms. The van der Waals surface area contributed by atoms with Crippen molar-refractivity contribution in [3.63, 3.8) is 0 Å². The molecule has 0 fully saturated rings. The number of hydrogen-bond acceptors (Lipinski definition) is 6. The number of carbonyl (C=O) groups is 1. The van der Waals surface area contributed by atoms with Gasteiger partial charge in [-0.15, -0.1) is 0 Å². The van der Waals surface area contributed by atoms with Gasteiger partial charge in [0, 0.05) is 15.6 Å². The molecule has 0 radical (unpaired) electrons. The Morgan fingerprint density at radius 2 is 1.78 bits per heavy atom. The fourth-order valence-electron chi connectivity index (χ4n) is 5.32. The Morgan fingerprint density at radius 1 is 1.04 bits per heavy atom. The van der Waals surface area contributed by atoms with Crippen molar-refractivity contribution in [1.29, 1.82) is 0 Å². The number of hydrogen-bond donors (Lipinski definition) is 0. The fourth-order valence-corrected chi connectivity index (χ4v) is 8.28. The highest BCUT2D eigenvalue weighted by Gasteiger charge is 2.34. The molecule has 4 aromatic carbocycles. The topological polar surface area (TPSA) is 69.9 Å². The van der Waals surface area contributed by atoms with Crippen LogP contribution in [0, 0.1) is 0 Å². The number of thiazole rings is 1. The molecule has 1 aliphatic heterocycles. The molecular formula is C34H24Br2Cl2N2O4S. The monoisotopic (exact) mass is 784 g/mol. The molecule has 228 valence electrons. The van der Waals surface area contributed by atoms with Gasteiger partial charge in [0.2, 0.25) is 0 Å². The third-order valence-corrected chi connectivity index (χ3v) is 10.1. The molecule has 0 N–H and O–H groups in total. The van der Waals surface area contributed by atoms with E-state index in [2.05, 4.69) is 31.9 Å². The van der Waals surface area contributed by atoms with Gasteiger partial charge in [0.05, 0.1) is 37.4 Å². The van der Waals surface area contributed by atoms with Gasteiger partial charge in [-0.05, 0) is 97.9 Å². The van der Waals surface area contributed by atoms with Crippen LogP contribution in [0.1, 0.15) is 36.6 Å². The van der Waals surface area contributed by atoms with E-state index in [9.17, 15) is 9.59 Å². The number of aromatic nitrogens is 1. The molecule has 6 rings (SSSR count). The molecule has 0 saturated heterocycles. The zero-order valence-corrected chi connectivity index (χ0v) is 29.4. The first-order valence-corrected chi connectivity index (χ1v) is 17.0. The molecule has 1 aliphatic rings. The molecule has 1 atom stereocenters. The second kappa shape index (κ2) is 13.3. The molecule has 0 bridgehead atoms. The van der Waals surface area contributed by atoms with Gasteiger partial charge in [0.1, 0.15) is 12.4 Å². The van der Waals surface area contributed by atoms with Crippen molar-refractivity contribution in [3.8, 4) is 5.75 Å². The average molecular weight is 787 g/mol. The van der Waals surface area contributed by atoms with E-state index in [0.29, 0.717) is 45.3 Å². The van der Waals surface area contributed by atoms with Crippen LogP contribution in [0.4, 0.5) is 0 Å². The zero-order valence-electron chi connectivity index (χ0n) is 23.9. The summed E-state index contributed by atoms with van der Waals surface area (Å²) in [7, 11) is 0. The Kier molecular flexibility index (Phi) is 9.36. The van der Waals surface area contributed by atoms with Crippen molar-refractivity contribution in [2.75, 3.05) is 6.61 Å². The maximum atomic E-state index is 14.2. The fraction of sp³-hybridized carbons (Fsp3) is 0.147. The van der Waals surface area contributed by atoms with E-state index in [1.54, 1.807) is 30.5 Å². The summed E-state index contributed by atoms with van der Waals surface area (Å²) in [5, 5.41) is 3.02. The highest BCUT2D eigenvalue weighted by molar-refractivity contribution is 9.11. The van der Waals surface area contributed by atoms with Crippen LogP contribution in [0.2, 0.25) is 10.0 Å². The van der Waals surface area contributed by atoms with E-state index < -0.39 is 12.0 Å². The van der Waals surface area contributed by atoms with Crippen LogP contribution >= 0.6 is 66.4 Å². The summed E-state index contributed by atoms with van der Waals surface area (Å²) in [6.07, 6.45) is 1.81. The van der Waals surface area contributed by atoms with Crippen molar-refractivity contribution < 1.29 is 14.3 Å². The lowest BCUT2D eigenvalue weighted by Gasteiger charge is -2.25. The number of nitrogens with zero attached hydrogens (tertiary/aromatic N) is 2. The van der Waals surface area contributed by atoms with Crippen LogP contribution in [0.25, 0.3) is 16.8 Å². The molecular weight excluding hydrogens is 763 g/mol. The van der Waals surface area contributed by atoms with Gasteiger partial charge >= 0.3 is 5.97 Å². The summed E-state index contributed by atoms with van der Waals surface area (Å²) in [6, 6.07) is 22.1. The van der Waals surface area contributed by atoms with Crippen LogP contribution in [0.15, 0.2) is 103 Å². The standard InChI is InChI=1S/C34H24Br2Cl2N2O4S/c1-3-43-33(42)29-18(2)39-34-40(30(29)24-10-6-8-20-7-4-5-9-23(20)24)32(41)28(45-34)15-19-13-25(35)31(26(36)14-19)44-17-21-11-12-22(37)16-27(21)38/h4-16,30H,3,17H2,1-2H3/b28-15+/t30-/m0/s1. The summed E-state index contributed by atoms with van der Waals surface area (Å²) in [5.74, 6) is 0.0968. The van der Waals surface area contributed by atoms with E-state index in [1.165, 1.54) is 11.3 Å². The van der Waals surface area contributed by atoms with Gasteiger partial charge in [-0.1, -0.05) is 83.1 Å². The Balaban J connectivity index is 1.43. The molecule has 1 aromatic heterocycles. The zero-order chi connectivity index (χ0) is 31.8. The van der Waals surface area contributed by atoms with Crippen molar-refractivity contribution in [3.05, 3.63) is 139 Å². The summed E-state index contributed by atoms with van der Waals surface area (Å²) in [5.41, 5.74) is 3.00. The van der Waals surface area contributed by atoms with Crippen LogP contribution < -0.4 is 19.6 Å². The Labute approximate surface area is 289 Å². The molecule has 5 aromatic rings. The molecule has 0 spiro atoms. The molecule has 2 heterocycles.